The van der Waals surface area contributed by atoms with E-state index in [2.05, 4.69) is 0 Å². The third-order valence-electron chi connectivity index (χ3n) is 1.10. The molecule has 0 aliphatic rings. The van der Waals surface area contributed by atoms with E-state index in [4.69, 9.17) is 9.76 Å². The maximum absolute atomic E-state index is 10.7. The first-order valence-electron chi connectivity index (χ1n) is 2.71. The van der Waals surface area contributed by atoms with Crippen LogP contribution in [-0.2, 0) is 3.74 Å². The molecule has 3 N–H and O–H groups in total. The van der Waals surface area contributed by atoms with Crippen LogP contribution in [0, 0.1) is 0 Å². The van der Waals surface area contributed by atoms with Gasteiger partial charge in [-0.05, 0) is 0 Å². The van der Waals surface area contributed by atoms with Crippen molar-refractivity contribution in [3.63, 3.8) is 0 Å². The summed E-state index contributed by atoms with van der Waals surface area (Å²) in [4.78, 5) is 0. The van der Waals surface area contributed by atoms with Gasteiger partial charge in [0.15, 0.2) is 0 Å². The summed E-state index contributed by atoms with van der Waals surface area (Å²) in [6.07, 6.45) is 0. The SMILES string of the molecule is Cl.N[As](=O)c1ccc(O)cc1. The molecular formula is C6H8AsClNO2. The Morgan fingerprint density at radius 3 is 2.09 bits per heavy atom. The summed E-state index contributed by atoms with van der Waals surface area (Å²) in [7, 11) is 0. The van der Waals surface area contributed by atoms with Gasteiger partial charge in [0, 0.05) is 0 Å². The molecular weight excluding hydrogens is 228 g/mol. The summed E-state index contributed by atoms with van der Waals surface area (Å²) < 4.78 is 16.5. The molecule has 1 radical (unpaired) electrons. The second-order valence-electron chi connectivity index (χ2n) is 1.84. The third kappa shape index (κ3) is 3.02. The summed E-state index contributed by atoms with van der Waals surface area (Å²) >= 11 is -2.47. The van der Waals surface area contributed by atoms with Crippen molar-refractivity contribution in [2.45, 2.75) is 0 Å². The Morgan fingerprint density at radius 2 is 1.73 bits per heavy atom. The van der Waals surface area contributed by atoms with Gasteiger partial charge in [0.2, 0.25) is 0 Å². The van der Waals surface area contributed by atoms with E-state index < -0.39 is 14.8 Å². The van der Waals surface area contributed by atoms with Gasteiger partial charge in [0.05, 0.1) is 0 Å². The minimum atomic E-state index is -2.47. The number of phenols is 1. The summed E-state index contributed by atoms with van der Waals surface area (Å²) in [5, 5.41) is 8.81. The molecule has 1 unspecified atom stereocenters. The molecule has 61 valence electrons. The van der Waals surface area contributed by atoms with Crippen molar-refractivity contribution in [1.29, 1.82) is 0 Å². The average Bonchev–Trinajstić information content (AvgIpc) is 1.88. The predicted molar refractivity (Wildman–Crippen MR) is 45.6 cm³/mol. The van der Waals surface area contributed by atoms with Crippen molar-refractivity contribution in [3.05, 3.63) is 24.3 Å². The fraction of sp³-hybridized carbons (Fsp3) is 0. The van der Waals surface area contributed by atoms with Crippen LogP contribution in [0.2, 0.25) is 0 Å². The Kier molecular flexibility index (Phi) is 4.34. The second-order valence-corrected chi connectivity index (χ2v) is 4.29. The zero-order chi connectivity index (χ0) is 7.56. The predicted octanol–water partition coefficient (Wildman–Crippen LogP) is -0.102. The van der Waals surface area contributed by atoms with Gasteiger partial charge >= 0.3 is 62.7 Å². The molecule has 0 bridgehead atoms. The zero-order valence-corrected chi connectivity index (χ0v) is 8.29. The van der Waals surface area contributed by atoms with E-state index in [0.29, 0.717) is 4.35 Å². The van der Waals surface area contributed by atoms with E-state index in [9.17, 15) is 3.74 Å². The van der Waals surface area contributed by atoms with E-state index in [-0.39, 0.29) is 18.2 Å². The Bertz CT molecular complexity index is 249. The monoisotopic (exact) mass is 236 g/mol. The Labute approximate surface area is 75.3 Å². The van der Waals surface area contributed by atoms with Gasteiger partial charge in [-0.3, -0.25) is 0 Å². The molecule has 1 rings (SSSR count). The Hall–Kier alpha value is -0.372. The van der Waals surface area contributed by atoms with Crippen molar-refractivity contribution in [2.75, 3.05) is 0 Å². The van der Waals surface area contributed by atoms with Crippen molar-refractivity contribution in [3.8, 4) is 5.75 Å². The molecule has 3 nitrogen and oxygen atoms in total. The molecule has 1 aromatic rings. The van der Waals surface area contributed by atoms with Gasteiger partial charge in [-0.15, -0.1) is 12.4 Å². The molecule has 0 heterocycles. The van der Waals surface area contributed by atoms with Gasteiger partial charge in [0.1, 0.15) is 0 Å². The molecule has 0 saturated heterocycles. The van der Waals surface area contributed by atoms with E-state index in [1.54, 1.807) is 12.1 Å². The van der Waals surface area contributed by atoms with Gasteiger partial charge in [0.25, 0.3) is 0 Å². The Morgan fingerprint density at radius 1 is 1.27 bits per heavy atom. The topological polar surface area (TPSA) is 63.3 Å². The number of nitrogens with two attached hydrogens (primary N) is 1. The molecule has 5 heteroatoms. The standard InChI is InChI=1S/C6H7AsNO2.ClH/c8-7(10)5-1-3-6(9)4-2-5;/h1-4,9H,(H2,8,10);1H. The van der Waals surface area contributed by atoms with Crippen molar-refractivity contribution in [1.82, 2.24) is 0 Å². The first-order chi connectivity index (χ1) is 4.70. The van der Waals surface area contributed by atoms with Crippen LogP contribution in [0.15, 0.2) is 24.3 Å². The Balaban J connectivity index is 0.000001000. The van der Waals surface area contributed by atoms with E-state index >= 15 is 0 Å². The number of hydrogen-bond donors (Lipinski definition) is 2. The van der Waals surface area contributed by atoms with Crippen LogP contribution >= 0.6 is 12.4 Å². The number of benzene rings is 1. The van der Waals surface area contributed by atoms with Crippen LogP contribution < -0.4 is 9.00 Å². The first-order valence-corrected chi connectivity index (χ1v) is 5.50. The molecule has 0 aliphatic heterocycles. The van der Waals surface area contributed by atoms with Crippen molar-refractivity contribution >= 4 is 31.6 Å². The molecule has 11 heavy (non-hydrogen) atoms. The van der Waals surface area contributed by atoms with Gasteiger partial charge in [-0.1, -0.05) is 0 Å². The maximum atomic E-state index is 10.7. The van der Waals surface area contributed by atoms with Crippen LogP contribution in [0.25, 0.3) is 0 Å². The quantitative estimate of drug-likeness (QED) is 0.669. The van der Waals surface area contributed by atoms with Crippen LogP contribution in [0.3, 0.4) is 0 Å². The zero-order valence-electron chi connectivity index (χ0n) is 5.60. The third-order valence-corrected chi connectivity index (χ3v) is 2.80. The normalized spacial score (nSPS) is 10.1. The summed E-state index contributed by atoms with van der Waals surface area (Å²) in [5.74, 6) is 0.166. The molecule has 1 atom stereocenters. The molecule has 0 spiro atoms. The van der Waals surface area contributed by atoms with Crippen molar-refractivity contribution in [2.24, 2.45) is 4.65 Å². The molecule has 0 aromatic heterocycles. The minimum absolute atomic E-state index is 0. The fourth-order valence-corrected chi connectivity index (χ4v) is 1.53. The summed E-state index contributed by atoms with van der Waals surface area (Å²) in [6.45, 7) is 0. The number of phenolic OH excluding ortho intramolecular Hbond substituents is 1. The molecule has 0 amide bonds. The van der Waals surface area contributed by atoms with Gasteiger partial charge in [-0.25, -0.2) is 0 Å². The molecule has 0 aliphatic carbocycles. The summed E-state index contributed by atoms with van der Waals surface area (Å²) in [6, 6.07) is 6.09. The van der Waals surface area contributed by atoms with E-state index in [0.717, 1.165) is 0 Å². The average molecular weight is 237 g/mol. The first kappa shape index (κ1) is 10.6. The fourth-order valence-electron chi connectivity index (χ4n) is 0.600. The molecule has 1 aromatic carbocycles. The van der Waals surface area contributed by atoms with E-state index in [1.807, 2.05) is 0 Å². The van der Waals surface area contributed by atoms with Crippen LogP contribution in [0.5, 0.6) is 5.75 Å². The second kappa shape index (κ2) is 4.49. The van der Waals surface area contributed by atoms with Crippen molar-refractivity contribution < 1.29 is 8.85 Å². The van der Waals surface area contributed by atoms with Crippen LogP contribution in [0.4, 0.5) is 0 Å². The number of rotatable bonds is 1. The van der Waals surface area contributed by atoms with Gasteiger partial charge in [-0.2, -0.15) is 0 Å². The molecule has 0 fully saturated rings. The van der Waals surface area contributed by atoms with Crippen LogP contribution in [0.1, 0.15) is 0 Å². The molecule has 0 saturated carbocycles. The number of hydrogen-bond acceptors (Lipinski definition) is 2. The number of aromatic hydroxyl groups is 1. The van der Waals surface area contributed by atoms with E-state index in [1.165, 1.54) is 12.1 Å². The van der Waals surface area contributed by atoms with Gasteiger partial charge < -0.3 is 0 Å². The number of halogens is 1. The van der Waals surface area contributed by atoms with Crippen LogP contribution in [-0.4, -0.2) is 19.9 Å². The summed E-state index contributed by atoms with van der Waals surface area (Å²) in [5.41, 5.74) is 0.